The summed E-state index contributed by atoms with van der Waals surface area (Å²) in [7, 11) is -1.29. The maximum Gasteiger partial charge on any atom is 0.339 e. The molecule has 144 valence electrons. The molecule has 6 nitrogen and oxygen atoms in total. The minimum atomic E-state index is -1.29. The van der Waals surface area contributed by atoms with E-state index in [9.17, 15) is 18.9 Å². The van der Waals surface area contributed by atoms with Crippen LogP contribution in [0.4, 0.5) is 0 Å². The van der Waals surface area contributed by atoms with Crippen LogP contribution in [0, 0.1) is 13.8 Å². The van der Waals surface area contributed by atoms with Gasteiger partial charge in [-0.2, -0.15) is 0 Å². The van der Waals surface area contributed by atoms with Gasteiger partial charge in [-0.15, -0.1) is 0 Å². The third-order valence-electron chi connectivity index (χ3n) is 3.99. The molecule has 7 heteroatoms. The molecule has 0 aliphatic rings. The van der Waals surface area contributed by atoms with E-state index in [2.05, 4.69) is 5.32 Å². The van der Waals surface area contributed by atoms with Crippen molar-refractivity contribution in [3.8, 4) is 5.75 Å². The molecule has 0 aliphatic heterocycles. The van der Waals surface area contributed by atoms with Gasteiger partial charge in [-0.25, -0.2) is 4.79 Å². The third kappa shape index (κ3) is 5.40. The van der Waals surface area contributed by atoms with Crippen LogP contribution in [0.25, 0.3) is 0 Å². The first-order valence-electron chi connectivity index (χ1n) is 8.53. The van der Waals surface area contributed by atoms with Crippen molar-refractivity contribution in [1.29, 1.82) is 0 Å². The molecule has 27 heavy (non-hydrogen) atoms. The molecule has 2 aromatic carbocycles. The molecule has 0 radical (unpaired) electrons. The molecule has 0 bridgehead atoms. The summed E-state index contributed by atoms with van der Waals surface area (Å²) in [6, 6.07) is 10.1. The van der Waals surface area contributed by atoms with Crippen molar-refractivity contribution >= 4 is 22.7 Å². The lowest BCUT2D eigenvalue weighted by Gasteiger charge is -2.11. The molecule has 0 unspecified atom stereocenters. The molecule has 1 amide bonds. The van der Waals surface area contributed by atoms with E-state index in [1.165, 1.54) is 6.07 Å². The smallest absolute Gasteiger partial charge is 0.339 e. The zero-order chi connectivity index (χ0) is 20.0. The average molecular weight is 389 g/mol. The predicted octanol–water partition coefficient (Wildman–Crippen LogP) is 2.61. The molecule has 2 rings (SSSR count). The summed E-state index contributed by atoms with van der Waals surface area (Å²) < 4.78 is 17.1. The van der Waals surface area contributed by atoms with Crippen molar-refractivity contribution in [2.45, 2.75) is 32.2 Å². The molecule has 1 atom stereocenters. The van der Waals surface area contributed by atoms with Gasteiger partial charge in [0.25, 0.3) is 5.91 Å². The van der Waals surface area contributed by atoms with E-state index in [1.807, 2.05) is 0 Å². The van der Waals surface area contributed by atoms with Gasteiger partial charge in [0, 0.05) is 12.3 Å². The monoisotopic (exact) mass is 389 g/mol. The molecule has 0 fully saturated rings. The largest absolute Gasteiger partial charge is 0.507 e. The molecular weight excluding hydrogens is 366 g/mol. The minimum Gasteiger partial charge on any atom is -0.507 e. The lowest BCUT2D eigenvalue weighted by molar-refractivity contribution is -0.124. The number of carbonyl (C=O) groups is 2. The highest BCUT2D eigenvalue weighted by Gasteiger charge is 2.17. The van der Waals surface area contributed by atoms with E-state index in [0.717, 1.165) is 16.7 Å². The fourth-order valence-corrected chi connectivity index (χ4v) is 3.54. The van der Waals surface area contributed by atoms with E-state index in [-0.39, 0.29) is 17.9 Å². The number of hydrogen-bond donors (Lipinski definition) is 2. The van der Waals surface area contributed by atoms with E-state index in [1.54, 1.807) is 51.1 Å². The van der Waals surface area contributed by atoms with Crippen molar-refractivity contribution in [3.05, 3.63) is 58.7 Å². The summed E-state index contributed by atoms with van der Waals surface area (Å²) in [4.78, 5) is 24.6. The summed E-state index contributed by atoms with van der Waals surface area (Å²) in [6.07, 6.45) is 0. The summed E-state index contributed by atoms with van der Waals surface area (Å²) >= 11 is 0. The van der Waals surface area contributed by atoms with Gasteiger partial charge in [-0.05, 0) is 42.7 Å². The Labute approximate surface area is 161 Å². The fourth-order valence-electron chi connectivity index (χ4n) is 2.60. The molecule has 0 spiro atoms. The van der Waals surface area contributed by atoms with Crippen LogP contribution in [0.1, 0.15) is 34.0 Å². The number of aryl methyl sites for hydroxylation is 2. The first-order chi connectivity index (χ1) is 12.8. The number of esters is 1. The number of phenolic OH excluding ortho intramolecular Hbond substituents is 1. The first-order valence-corrected chi connectivity index (χ1v) is 9.85. The Morgan fingerprint density at radius 1 is 1.15 bits per heavy atom. The van der Waals surface area contributed by atoms with Crippen LogP contribution in [0.3, 0.4) is 0 Å². The number of hydrogen-bond acceptors (Lipinski definition) is 5. The highest BCUT2D eigenvalue weighted by atomic mass is 32.2. The van der Waals surface area contributed by atoms with Crippen LogP contribution in [-0.2, 0) is 26.9 Å². The number of phenols is 1. The zero-order valence-electron chi connectivity index (χ0n) is 15.6. The van der Waals surface area contributed by atoms with Crippen molar-refractivity contribution in [2.75, 3.05) is 12.4 Å². The van der Waals surface area contributed by atoms with Crippen LogP contribution >= 0.6 is 0 Å². The van der Waals surface area contributed by atoms with Crippen molar-refractivity contribution in [2.24, 2.45) is 0 Å². The lowest BCUT2D eigenvalue weighted by Crippen LogP contribution is -2.28. The van der Waals surface area contributed by atoms with Crippen LogP contribution in [0.5, 0.6) is 5.75 Å². The Kier molecular flexibility index (Phi) is 7.12. The Morgan fingerprint density at radius 3 is 2.41 bits per heavy atom. The molecular formula is C20H23NO5S. The van der Waals surface area contributed by atoms with Gasteiger partial charge in [0.15, 0.2) is 6.61 Å². The SMILES string of the molecule is CC[S@@](=O)c1ccccc1C(=O)OCC(=O)NCc1cc(C)c(O)c(C)c1. The second-order valence-electron chi connectivity index (χ2n) is 6.06. The molecule has 0 aromatic heterocycles. The standard InChI is InChI=1S/C20H23NO5S/c1-4-27(25)17-8-6-5-7-16(17)20(24)26-12-18(22)21-11-15-9-13(2)19(23)14(3)10-15/h5-10,23H,4,11-12H2,1-3H3,(H,21,22)/t27-/m1/s1. The highest BCUT2D eigenvalue weighted by molar-refractivity contribution is 7.85. The quantitative estimate of drug-likeness (QED) is 0.710. The normalized spacial score (nSPS) is 11.7. The van der Waals surface area contributed by atoms with Gasteiger partial charge in [0.05, 0.1) is 21.3 Å². The Hall–Kier alpha value is -2.67. The van der Waals surface area contributed by atoms with Crippen LogP contribution in [0.2, 0.25) is 0 Å². The van der Waals surface area contributed by atoms with E-state index in [4.69, 9.17) is 4.74 Å². The van der Waals surface area contributed by atoms with E-state index >= 15 is 0 Å². The van der Waals surface area contributed by atoms with Gasteiger partial charge in [0.1, 0.15) is 5.75 Å². The molecule has 2 N–H and O–H groups in total. The van der Waals surface area contributed by atoms with E-state index in [0.29, 0.717) is 10.6 Å². The van der Waals surface area contributed by atoms with Gasteiger partial charge >= 0.3 is 5.97 Å². The van der Waals surface area contributed by atoms with Crippen LogP contribution in [0.15, 0.2) is 41.3 Å². The maximum absolute atomic E-state index is 12.2. The van der Waals surface area contributed by atoms with Crippen LogP contribution < -0.4 is 5.32 Å². The molecule has 0 saturated carbocycles. The number of ether oxygens (including phenoxy) is 1. The van der Waals surface area contributed by atoms with Crippen molar-refractivity contribution in [3.63, 3.8) is 0 Å². The summed E-state index contributed by atoms with van der Waals surface area (Å²) in [5.41, 5.74) is 2.50. The molecule has 0 saturated heterocycles. The van der Waals surface area contributed by atoms with Crippen LogP contribution in [-0.4, -0.2) is 33.6 Å². The average Bonchev–Trinajstić information content (AvgIpc) is 2.67. The lowest BCUT2D eigenvalue weighted by atomic mass is 10.1. The number of aromatic hydroxyl groups is 1. The van der Waals surface area contributed by atoms with Gasteiger partial charge in [-0.3, -0.25) is 9.00 Å². The second-order valence-corrected chi connectivity index (χ2v) is 7.77. The Bertz CT molecular complexity index is 855. The van der Waals surface area contributed by atoms with Gasteiger partial charge in [0.2, 0.25) is 0 Å². The molecule has 0 aliphatic carbocycles. The van der Waals surface area contributed by atoms with Gasteiger partial charge in [-0.1, -0.05) is 31.2 Å². The predicted molar refractivity (Wildman–Crippen MR) is 103 cm³/mol. The topological polar surface area (TPSA) is 92.7 Å². The Morgan fingerprint density at radius 2 is 1.78 bits per heavy atom. The maximum atomic E-state index is 12.2. The molecule has 2 aromatic rings. The number of nitrogens with one attached hydrogen (secondary N) is 1. The van der Waals surface area contributed by atoms with Gasteiger partial charge < -0.3 is 15.2 Å². The number of carbonyl (C=O) groups excluding carboxylic acids is 2. The first kappa shape index (κ1) is 20.6. The van der Waals surface area contributed by atoms with Crippen molar-refractivity contribution < 1.29 is 23.6 Å². The minimum absolute atomic E-state index is 0.204. The molecule has 0 heterocycles. The summed E-state index contributed by atoms with van der Waals surface area (Å²) in [5, 5.41) is 12.4. The third-order valence-corrected chi connectivity index (χ3v) is 5.36. The number of rotatable bonds is 7. The fraction of sp³-hybridized carbons (Fsp3) is 0.300. The zero-order valence-corrected chi connectivity index (χ0v) is 16.4. The second kappa shape index (κ2) is 9.32. The summed E-state index contributed by atoms with van der Waals surface area (Å²) in [5.74, 6) is -0.502. The number of amides is 1. The van der Waals surface area contributed by atoms with Crippen molar-refractivity contribution in [1.82, 2.24) is 5.32 Å². The highest BCUT2D eigenvalue weighted by Crippen LogP contribution is 2.22. The summed E-state index contributed by atoms with van der Waals surface area (Å²) in [6.45, 7) is 5.16. The number of benzene rings is 2. The Balaban J connectivity index is 1.93. The van der Waals surface area contributed by atoms with E-state index < -0.39 is 29.3 Å².